The molecule has 1 aliphatic heterocycles. The van der Waals surface area contributed by atoms with Crippen molar-refractivity contribution in [3.8, 4) is 0 Å². The lowest BCUT2D eigenvalue weighted by atomic mass is 10.0. The van der Waals surface area contributed by atoms with Crippen molar-refractivity contribution in [1.82, 2.24) is 10.2 Å². The minimum absolute atomic E-state index is 0.924. The third-order valence-electron chi connectivity index (χ3n) is 4.57. The number of nitrogens with one attached hydrogen (secondary N) is 1. The molecule has 0 bridgehead atoms. The molecule has 1 fully saturated rings. The molecule has 1 aromatic carbocycles. The van der Waals surface area contributed by atoms with Gasteiger partial charge in [-0.05, 0) is 49.4 Å². The van der Waals surface area contributed by atoms with E-state index in [9.17, 15) is 0 Å². The van der Waals surface area contributed by atoms with Crippen LogP contribution in [0.4, 0.5) is 0 Å². The van der Waals surface area contributed by atoms with Crippen LogP contribution in [0.1, 0.15) is 36.6 Å². The lowest BCUT2D eigenvalue weighted by molar-refractivity contribution is 0.313. The molecule has 1 unspecified atom stereocenters. The standard InChI is InChI=1S/C18H26N2S/c1-3-6-14-9-10-20(12-14)13-16-15-7-4-5-8-17(15)21-18(16)11-19-2/h4-5,7-8,14,19H,3,6,9-13H2,1-2H3. The van der Waals surface area contributed by atoms with Crippen molar-refractivity contribution in [2.75, 3.05) is 20.1 Å². The van der Waals surface area contributed by atoms with Crippen LogP contribution in [0.3, 0.4) is 0 Å². The summed E-state index contributed by atoms with van der Waals surface area (Å²) in [6, 6.07) is 8.87. The number of nitrogens with zero attached hydrogens (tertiary/aromatic N) is 1. The molecule has 1 aliphatic rings. The van der Waals surface area contributed by atoms with Gasteiger partial charge in [0.05, 0.1) is 0 Å². The fraction of sp³-hybridized carbons (Fsp3) is 0.556. The van der Waals surface area contributed by atoms with Gasteiger partial charge in [-0.2, -0.15) is 0 Å². The van der Waals surface area contributed by atoms with Gasteiger partial charge in [-0.25, -0.2) is 0 Å². The van der Waals surface area contributed by atoms with Crippen molar-refractivity contribution in [2.45, 2.75) is 39.3 Å². The lowest BCUT2D eigenvalue weighted by Gasteiger charge is -2.17. The van der Waals surface area contributed by atoms with Gasteiger partial charge >= 0.3 is 0 Å². The molecule has 1 saturated heterocycles. The molecule has 114 valence electrons. The zero-order chi connectivity index (χ0) is 14.7. The highest BCUT2D eigenvalue weighted by Crippen LogP contribution is 2.33. The molecule has 1 N–H and O–H groups in total. The van der Waals surface area contributed by atoms with Crippen molar-refractivity contribution in [1.29, 1.82) is 0 Å². The topological polar surface area (TPSA) is 15.3 Å². The Morgan fingerprint density at radius 1 is 1.33 bits per heavy atom. The SMILES string of the molecule is CCCC1CCN(Cc2c(CNC)sc3ccccc23)C1. The molecule has 1 atom stereocenters. The van der Waals surface area contributed by atoms with Crippen LogP contribution < -0.4 is 5.32 Å². The van der Waals surface area contributed by atoms with Crippen LogP contribution in [-0.4, -0.2) is 25.0 Å². The molecule has 2 nitrogen and oxygen atoms in total. The summed E-state index contributed by atoms with van der Waals surface area (Å²) in [7, 11) is 2.04. The first kappa shape index (κ1) is 15.0. The Morgan fingerprint density at radius 2 is 2.19 bits per heavy atom. The smallest absolute Gasteiger partial charge is 0.0349 e. The molecule has 0 aliphatic carbocycles. The number of thiophene rings is 1. The van der Waals surface area contributed by atoms with Gasteiger partial charge in [-0.1, -0.05) is 31.5 Å². The van der Waals surface area contributed by atoms with Crippen LogP contribution in [-0.2, 0) is 13.1 Å². The predicted molar refractivity (Wildman–Crippen MR) is 92.9 cm³/mol. The van der Waals surface area contributed by atoms with E-state index in [0.717, 1.165) is 19.0 Å². The van der Waals surface area contributed by atoms with Crippen molar-refractivity contribution in [3.05, 3.63) is 34.7 Å². The van der Waals surface area contributed by atoms with E-state index in [4.69, 9.17) is 0 Å². The van der Waals surface area contributed by atoms with Crippen LogP contribution in [0.15, 0.2) is 24.3 Å². The van der Waals surface area contributed by atoms with Gasteiger partial charge in [-0.15, -0.1) is 11.3 Å². The Balaban J connectivity index is 1.81. The summed E-state index contributed by atoms with van der Waals surface area (Å²) in [6.07, 6.45) is 4.10. The maximum absolute atomic E-state index is 3.33. The van der Waals surface area contributed by atoms with Crippen molar-refractivity contribution >= 4 is 21.4 Å². The number of hydrogen-bond acceptors (Lipinski definition) is 3. The Hall–Kier alpha value is -0.900. The van der Waals surface area contributed by atoms with Crippen LogP contribution in [0.2, 0.25) is 0 Å². The Labute approximate surface area is 132 Å². The van der Waals surface area contributed by atoms with Gasteiger partial charge in [0.25, 0.3) is 0 Å². The van der Waals surface area contributed by atoms with Crippen LogP contribution in [0, 0.1) is 5.92 Å². The van der Waals surface area contributed by atoms with Gasteiger partial charge in [0.1, 0.15) is 0 Å². The third kappa shape index (κ3) is 3.31. The van der Waals surface area contributed by atoms with Crippen LogP contribution in [0.5, 0.6) is 0 Å². The molecule has 21 heavy (non-hydrogen) atoms. The summed E-state index contributed by atoms with van der Waals surface area (Å²) in [5.41, 5.74) is 1.56. The summed E-state index contributed by atoms with van der Waals surface area (Å²) in [5, 5.41) is 4.80. The Morgan fingerprint density at radius 3 is 3.00 bits per heavy atom. The molecule has 0 saturated carbocycles. The number of rotatable bonds is 6. The quantitative estimate of drug-likeness (QED) is 0.858. The average molecular weight is 302 g/mol. The van der Waals surface area contributed by atoms with Crippen LogP contribution >= 0.6 is 11.3 Å². The highest BCUT2D eigenvalue weighted by atomic mass is 32.1. The van der Waals surface area contributed by atoms with Gasteiger partial charge in [-0.3, -0.25) is 4.90 Å². The largest absolute Gasteiger partial charge is 0.315 e. The first-order valence-corrected chi connectivity index (χ1v) is 8.99. The van der Waals surface area contributed by atoms with E-state index < -0.39 is 0 Å². The van der Waals surface area contributed by atoms with Gasteiger partial charge in [0.15, 0.2) is 0 Å². The zero-order valence-corrected chi connectivity index (χ0v) is 14.0. The molecule has 0 amide bonds. The zero-order valence-electron chi connectivity index (χ0n) is 13.2. The first-order valence-electron chi connectivity index (χ1n) is 8.18. The molecular formula is C18H26N2S. The Bertz CT molecular complexity index is 590. The second-order valence-corrected chi connectivity index (χ2v) is 7.35. The Kier molecular flexibility index (Phi) is 4.94. The number of fused-ring (bicyclic) bond motifs is 1. The van der Waals surface area contributed by atoms with E-state index in [-0.39, 0.29) is 0 Å². The lowest BCUT2D eigenvalue weighted by Crippen LogP contribution is -2.21. The molecule has 0 radical (unpaired) electrons. The van der Waals surface area contributed by atoms with E-state index in [0.29, 0.717) is 0 Å². The third-order valence-corrected chi connectivity index (χ3v) is 5.78. The molecular weight excluding hydrogens is 276 g/mol. The number of benzene rings is 1. The summed E-state index contributed by atoms with van der Waals surface area (Å²) in [6.45, 7) is 6.98. The molecule has 1 aromatic heterocycles. The second kappa shape index (κ2) is 6.91. The van der Waals surface area contributed by atoms with E-state index in [1.807, 2.05) is 18.4 Å². The summed E-state index contributed by atoms with van der Waals surface area (Å²) in [5.74, 6) is 0.924. The highest BCUT2D eigenvalue weighted by molar-refractivity contribution is 7.19. The maximum Gasteiger partial charge on any atom is 0.0349 e. The second-order valence-electron chi connectivity index (χ2n) is 6.21. The number of hydrogen-bond donors (Lipinski definition) is 1. The fourth-order valence-electron chi connectivity index (χ4n) is 3.55. The minimum atomic E-state index is 0.924. The molecule has 0 spiro atoms. The highest BCUT2D eigenvalue weighted by Gasteiger charge is 2.23. The van der Waals surface area contributed by atoms with Crippen molar-refractivity contribution in [3.63, 3.8) is 0 Å². The van der Waals surface area contributed by atoms with E-state index in [2.05, 4.69) is 41.4 Å². The maximum atomic E-state index is 3.33. The monoisotopic (exact) mass is 302 g/mol. The summed E-state index contributed by atoms with van der Waals surface area (Å²) in [4.78, 5) is 4.17. The van der Waals surface area contributed by atoms with Crippen molar-refractivity contribution < 1.29 is 0 Å². The average Bonchev–Trinajstić information content (AvgIpc) is 3.06. The first-order chi connectivity index (χ1) is 10.3. The van der Waals surface area contributed by atoms with Crippen molar-refractivity contribution in [2.24, 2.45) is 5.92 Å². The van der Waals surface area contributed by atoms with Crippen LogP contribution in [0.25, 0.3) is 10.1 Å². The molecule has 2 aromatic rings. The van der Waals surface area contributed by atoms with Gasteiger partial charge in [0.2, 0.25) is 0 Å². The summed E-state index contributed by atoms with van der Waals surface area (Å²) < 4.78 is 1.43. The fourth-order valence-corrected chi connectivity index (χ4v) is 4.78. The summed E-state index contributed by atoms with van der Waals surface area (Å²) >= 11 is 1.95. The molecule has 3 heteroatoms. The van der Waals surface area contributed by atoms with E-state index in [1.54, 1.807) is 5.56 Å². The molecule has 2 heterocycles. The predicted octanol–water partition coefficient (Wildman–Crippen LogP) is 4.24. The van der Waals surface area contributed by atoms with E-state index >= 15 is 0 Å². The van der Waals surface area contributed by atoms with Gasteiger partial charge < -0.3 is 5.32 Å². The van der Waals surface area contributed by atoms with Gasteiger partial charge in [0, 0.05) is 29.2 Å². The van der Waals surface area contributed by atoms with E-state index in [1.165, 1.54) is 47.3 Å². The molecule has 3 rings (SSSR count). The minimum Gasteiger partial charge on any atom is -0.315 e. The normalized spacial score (nSPS) is 19.6. The number of likely N-dealkylation sites (tertiary alicyclic amines) is 1.